The van der Waals surface area contributed by atoms with E-state index in [1.807, 2.05) is 0 Å². The van der Waals surface area contributed by atoms with Crippen LogP contribution in [0.1, 0.15) is 75.8 Å². The molecule has 2 aliphatic carbocycles. The monoisotopic (exact) mass is 342 g/mol. The lowest BCUT2D eigenvalue weighted by molar-refractivity contribution is -0.115. The van der Waals surface area contributed by atoms with Crippen LogP contribution >= 0.6 is 0 Å². The quantitative estimate of drug-likeness (QED) is 0.832. The van der Waals surface area contributed by atoms with Crippen molar-refractivity contribution in [1.29, 1.82) is 0 Å². The summed E-state index contributed by atoms with van der Waals surface area (Å²) in [7, 11) is 0. The van der Waals surface area contributed by atoms with E-state index >= 15 is 0 Å². The molecule has 1 aromatic carbocycles. The lowest BCUT2D eigenvalue weighted by Gasteiger charge is -2.48. The van der Waals surface area contributed by atoms with Crippen molar-refractivity contribution >= 4 is 5.91 Å². The minimum atomic E-state index is -0.333. The molecule has 2 N–H and O–H groups in total. The number of hydrogen-bond acceptors (Lipinski definition) is 2. The average Bonchev–Trinajstić information content (AvgIpc) is 2.63. The van der Waals surface area contributed by atoms with Crippen LogP contribution in [-0.2, 0) is 16.6 Å². The van der Waals surface area contributed by atoms with Crippen LogP contribution in [0.25, 0.3) is 0 Å². The number of nitrogens with zero attached hydrogens (tertiary/aromatic N) is 1. The Kier molecular flexibility index (Phi) is 6.16. The number of nitrogens with two attached hydrogens (primary N) is 1. The van der Waals surface area contributed by atoms with Gasteiger partial charge in [-0.1, -0.05) is 43.5 Å². The third-order valence-corrected chi connectivity index (χ3v) is 6.54. The van der Waals surface area contributed by atoms with Crippen LogP contribution in [0, 0.1) is 0 Å². The number of likely N-dealkylation sites (tertiary alicyclic amines) is 1. The molecule has 0 radical (unpaired) electrons. The second-order valence-electron chi connectivity index (χ2n) is 8.23. The van der Waals surface area contributed by atoms with E-state index in [9.17, 15) is 4.79 Å². The SMILES string of the molecule is CC(N)=O.c1ccc2c(c1)CCCC21CCN(C2CCCCC2)CC1. The first-order valence-electron chi connectivity index (χ1n) is 10.2. The lowest BCUT2D eigenvalue weighted by atomic mass is 9.64. The summed E-state index contributed by atoms with van der Waals surface area (Å²) in [6.45, 7) is 4.00. The first-order chi connectivity index (χ1) is 12.1. The Balaban J connectivity index is 0.000000415. The fourth-order valence-corrected chi connectivity index (χ4v) is 5.29. The number of rotatable bonds is 1. The minimum Gasteiger partial charge on any atom is -0.370 e. The van der Waals surface area contributed by atoms with Crippen LogP contribution in [0.2, 0.25) is 0 Å². The van der Waals surface area contributed by atoms with Crippen LogP contribution in [0.4, 0.5) is 0 Å². The van der Waals surface area contributed by atoms with Crippen LogP contribution in [-0.4, -0.2) is 29.9 Å². The Morgan fingerprint density at radius 2 is 1.68 bits per heavy atom. The van der Waals surface area contributed by atoms with Gasteiger partial charge in [0, 0.05) is 13.0 Å². The predicted octanol–water partition coefficient (Wildman–Crippen LogP) is 4.18. The van der Waals surface area contributed by atoms with Gasteiger partial charge in [0.15, 0.2) is 0 Å². The van der Waals surface area contributed by atoms with Crippen molar-refractivity contribution in [1.82, 2.24) is 4.90 Å². The highest BCUT2D eigenvalue weighted by molar-refractivity contribution is 5.70. The fraction of sp³-hybridized carbons (Fsp3) is 0.682. The first kappa shape index (κ1) is 18.4. The Morgan fingerprint density at radius 1 is 1.04 bits per heavy atom. The van der Waals surface area contributed by atoms with Crippen LogP contribution < -0.4 is 5.73 Å². The number of fused-ring (bicyclic) bond motifs is 2. The number of primary amides is 1. The third-order valence-electron chi connectivity index (χ3n) is 6.54. The molecular weight excluding hydrogens is 308 g/mol. The minimum absolute atomic E-state index is 0.333. The van der Waals surface area contributed by atoms with Gasteiger partial charge in [0.1, 0.15) is 0 Å². The molecular formula is C22H34N2O. The molecule has 4 rings (SSSR count). The standard InChI is InChI=1S/C20H29N.C2H5NO/c1-2-9-18(10-3-1)21-15-13-20(14-16-21)12-6-8-17-7-4-5-11-19(17)20;1-2(3)4/h4-5,7,11,18H,1-3,6,8-10,12-16H2;1H3,(H2,3,4). The molecule has 1 spiro atoms. The van der Waals surface area contributed by atoms with Crippen molar-refractivity contribution < 1.29 is 4.79 Å². The zero-order valence-electron chi connectivity index (χ0n) is 15.8. The normalized spacial score (nSPS) is 23.4. The van der Waals surface area contributed by atoms with Gasteiger partial charge in [0.05, 0.1) is 0 Å². The Hall–Kier alpha value is -1.35. The number of benzene rings is 1. The van der Waals surface area contributed by atoms with E-state index in [1.165, 1.54) is 84.2 Å². The molecule has 0 unspecified atom stereocenters. The van der Waals surface area contributed by atoms with E-state index in [0.29, 0.717) is 5.41 Å². The van der Waals surface area contributed by atoms with E-state index in [2.05, 4.69) is 34.9 Å². The van der Waals surface area contributed by atoms with Crippen molar-refractivity contribution in [2.75, 3.05) is 13.1 Å². The predicted molar refractivity (Wildman–Crippen MR) is 104 cm³/mol. The van der Waals surface area contributed by atoms with E-state index < -0.39 is 0 Å². The van der Waals surface area contributed by atoms with E-state index in [4.69, 9.17) is 0 Å². The summed E-state index contributed by atoms with van der Waals surface area (Å²) in [5.41, 5.74) is 8.36. The molecule has 0 aromatic heterocycles. The highest BCUT2D eigenvalue weighted by Gasteiger charge is 2.40. The molecule has 1 saturated carbocycles. The van der Waals surface area contributed by atoms with E-state index in [1.54, 1.807) is 11.1 Å². The highest BCUT2D eigenvalue weighted by Crippen LogP contribution is 2.45. The summed E-state index contributed by atoms with van der Waals surface area (Å²) in [5, 5.41) is 0. The molecule has 1 amide bonds. The van der Waals surface area contributed by atoms with Crippen molar-refractivity contribution in [3.05, 3.63) is 35.4 Å². The summed E-state index contributed by atoms with van der Waals surface area (Å²) in [6, 6.07) is 10.2. The zero-order valence-corrected chi connectivity index (χ0v) is 15.8. The van der Waals surface area contributed by atoms with Gasteiger partial charge in [0.25, 0.3) is 0 Å². The van der Waals surface area contributed by atoms with Gasteiger partial charge >= 0.3 is 0 Å². The molecule has 138 valence electrons. The molecule has 3 nitrogen and oxygen atoms in total. The van der Waals surface area contributed by atoms with Gasteiger partial charge < -0.3 is 10.6 Å². The maximum Gasteiger partial charge on any atom is 0.214 e. The van der Waals surface area contributed by atoms with Gasteiger partial charge in [0.2, 0.25) is 5.91 Å². The smallest absolute Gasteiger partial charge is 0.214 e. The zero-order chi connectivity index (χ0) is 17.7. The molecule has 1 aliphatic heterocycles. The van der Waals surface area contributed by atoms with E-state index in [-0.39, 0.29) is 5.91 Å². The number of hydrogen-bond donors (Lipinski definition) is 1. The molecule has 25 heavy (non-hydrogen) atoms. The maximum absolute atomic E-state index is 9.22. The molecule has 0 atom stereocenters. The van der Waals surface area contributed by atoms with Crippen molar-refractivity contribution in [3.8, 4) is 0 Å². The number of carbonyl (C=O) groups excluding carboxylic acids is 1. The molecule has 2 fully saturated rings. The van der Waals surface area contributed by atoms with Crippen LogP contribution in [0.3, 0.4) is 0 Å². The molecule has 1 saturated heterocycles. The van der Waals surface area contributed by atoms with Crippen LogP contribution in [0.5, 0.6) is 0 Å². The van der Waals surface area contributed by atoms with Crippen molar-refractivity contribution in [2.24, 2.45) is 5.73 Å². The van der Waals surface area contributed by atoms with E-state index in [0.717, 1.165) is 6.04 Å². The lowest BCUT2D eigenvalue weighted by Crippen LogP contribution is -2.48. The van der Waals surface area contributed by atoms with Crippen molar-refractivity contribution in [3.63, 3.8) is 0 Å². The van der Waals surface area contributed by atoms with Crippen LogP contribution in [0.15, 0.2) is 24.3 Å². The number of piperidine rings is 1. The summed E-state index contributed by atoms with van der Waals surface area (Å²) in [6.07, 6.45) is 14.3. The second-order valence-corrected chi connectivity index (χ2v) is 8.23. The second kappa shape index (κ2) is 8.35. The molecule has 0 bridgehead atoms. The highest BCUT2D eigenvalue weighted by atomic mass is 16.1. The molecule has 1 heterocycles. The fourth-order valence-electron chi connectivity index (χ4n) is 5.29. The van der Waals surface area contributed by atoms with Crippen molar-refractivity contribution in [2.45, 2.75) is 82.6 Å². The number of carbonyl (C=O) groups is 1. The average molecular weight is 343 g/mol. The number of aryl methyl sites for hydroxylation is 1. The van der Waals surface area contributed by atoms with Gasteiger partial charge in [-0.05, 0) is 74.6 Å². The van der Waals surface area contributed by atoms with Gasteiger partial charge in [-0.15, -0.1) is 0 Å². The Bertz CT molecular complexity index is 565. The first-order valence-corrected chi connectivity index (χ1v) is 10.2. The molecule has 3 heteroatoms. The summed E-state index contributed by atoms with van der Waals surface area (Å²) in [5.74, 6) is -0.333. The maximum atomic E-state index is 9.22. The number of amides is 1. The third kappa shape index (κ3) is 4.44. The van der Waals surface area contributed by atoms with Gasteiger partial charge in [-0.3, -0.25) is 4.79 Å². The summed E-state index contributed by atoms with van der Waals surface area (Å²) < 4.78 is 0. The Labute approximate surface area is 153 Å². The summed E-state index contributed by atoms with van der Waals surface area (Å²) in [4.78, 5) is 12.1. The Morgan fingerprint density at radius 3 is 2.36 bits per heavy atom. The molecule has 3 aliphatic rings. The topological polar surface area (TPSA) is 46.3 Å². The molecule has 1 aromatic rings. The summed E-state index contributed by atoms with van der Waals surface area (Å²) >= 11 is 0. The van der Waals surface area contributed by atoms with Gasteiger partial charge in [-0.25, -0.2) is 0 Å². The largest absolute Gasteiger partial charge is 0.370 e. The van der Waals surface area contributed by atoms with Gasteiger partial charge in [-0.2, -0.15) is 0 Å².